The van der Waals surface area contributed by atoms with Crippen LogP contribution in [0.5, 0.6) is 0 Å². The molecule has 0 saturated heterocycles. The number of carbonyl (C=O) groups excluding carboxylic acids is 3. The Labute approximate surface area is 186 Å². The number of hydrogen-bond acceptors (Lipinski definition) is 5. The van der Waals surface area contributed by atoms with Gasteiger partial charge in [0, 0.05) is 4.90 Å². The number of esters is 1. The zero-order valence-corrected chi connectivity index (χ0v) is 18.4. The predicted octanol–water partition coefficient (Wildman–Crippen LogP) is 3.42. The number of nitrogens with zero attached hydrogens (tertiary/aromatic N) is 1. The molecule has 162 valence electrons. The number of hydrogen-bond donors (Lipinski definition) is 1. The van der Waals surface area contributed by atoms with Gasteiger partial charge < -0.3 is 10.1 Å². The fourth-order valence-electron chi connectivity index (χ4n) is 4.04. The van der Waals surface area contributed by atoms with Gasteiger partial charge in [-0.3, -0.25) is 19.3 Å². The molecule has 2 aliphatic rings. The van der Waals surface area contributed by atoms with Crippen LogP contribution in [0.15, 0.2) is 47.4 Å². The van der Waals surface area contributed by atoms with Crippen molar-refractivity contribution in [1.29, 1.82) is 0 Å². The number of anilines is 1. The predicted molar refractivity (Wildman–Crippen MR) is 120 cm³/mol. The fraction of sp³-hybridized carbons (Fsp3) is 0.375. The monoisotopic (exact) mass is 438 g/mol. The van der Waals surface area contributed by atoms with E-state index in [2.05, 4.69) is 23.5 Å². The highest BCUT2D eigenvalue weighted by Gasteiger charge is 2.27. The Morgan fingerprint density at radius 1 is 1.13 bits per heavy atom. The summed E-state index contributed by atoms with van der Waals surface area (Å²) in [5.41, 5.74) is 4.51. The van der Waals surface area contributed by atoms with Crippen LogP contribution in [0.25, 0.3) is 0 Å². The van der Waals surface area contributed by atoms with Crippen molar-refractivity contribution in [2.75, 3.05) is 23.8 Å². The molecular formula is C24H26N2O4S. The van der Waals surface area contributed by atoms with Crippen molar-refractivity contribution in [1.82, 2.24) is 5.32 Å². The topological polar surface area (TPSA) is 75.7 Å². The van der Waals surface area contributed by atoms with Crippen LogP contribution in [0.2, 0.25) is 0 Å². The van der Waals surface area contributed by atoms with Gasteiger partial charge in [0.25, 0.3) is 5.91 Å². The first kappa shape index (κ1) is 21.4. The van der Waals surface area contributed by atoms with Crippen molar-refractivity contribution in [3.05, 3.63) is 59.2 Å². The Kier molecular flexibility index (Phi) is 6.61. The fourth-order valence-corrected chi connectivity index (χ4v) is 4.97. The van der Waals surface area contributed by atoms with Crippen LogP contribution in [0.3, 0.4) is 0 Å². The van der Waals surface area contributed by atoms with Gasteiger partial charge in [-0.1, -0.05) is 30.3 Å². The normalized spacial score (nSPS) is 16.2. The molecule has 2 amide bonds. The smallest absolute Gasteiger partial charge is 0.326 e. The minimum absolute atomic E-state index is 0.147. The summed E-state index contributed by atoms with van der Waals surface area (Å²) in [6.45, 7) is 1.35. The molecular weight excluding hydrogens is 412 g/mol. The lowest BCUT2D eigenvalue weighted by atomic mass is 9.89. The summed E-state index contributed by atoms with van der Waals surface area (Å²) in [6, 6.07) is 13.6. The summed E-state index contributed by atoms with van der Waals surface area (Å²) in [6.07, 6.45) is 4.64. The number of thioether (sulfide) groups is 1. The molecule has 0 fully saturated rings. The summed E-state index contributed by atoms with van der Waals surface area (Å²) in [5, 5.41) is 2.89. The highest BCUT2D eigenvalue weighted by Crippen LogP contribution is 2.34. The number of fused-ring (bicyclic) bond motifs is 2. The molecule has 1 N–H and O–H groups in total. The van der Waals surface area contributed by atoms with Gasteiger partial charge >= 0.3 is 5.97 Å². The molecule has 1 heterocycles. The molecule has 2 aromatic rings. The molecule has 0 bridgehead atoms. The van der Waals surface area contributed by atoms with Gasteiger partial charge in [0.15, 0.2) is 6.61 Å². The second-order valence-electron chi connectivity index (χ2n) is 7.92. The van der Waals surface area contributed by atoms with Gasteiger partial charge in [0.2, 0.25) is 5.91 Å². The van der Waals surface area contributed by atoms with E-state index in [4.69, 9.17) is 4.74 Å². The van der Waals surface area contributed by atoms with E-state index in [0.29, 0.717) is 5.69 Å². The lowest BCUT2D eigenvalue weighted by Crippen LogP contribution is -2.40. The Morgan fingerprint density at radius 2 is 1.90 bits per heavy atom. The SMILES string of the molecule is CC(NC(=O)COC(=O)CN1C(=O)CSc2ccccc21)c1ccc2c(c1)CCCC2. The second-order valence-corrected chi connectivity index (χ2v) is 8.94. The Bertz CT molecular complexity index is 1010. The number of ether oxygens (including phenoxy) is 1. The maximum atomic E-state index is 12.3. The third-order valence-corrected chi connectivity index (χ3v) is 6.76. The van der Waals surface area contributed by atoms with E-state index in [9.17, 15) is 14.4 Å². The van der Waals surface area contributed by atoms with Crippen molar-refractivity contribution in [3.8, 4) is 0 Å². The van der Waals surface area contributed by atoms with E-state index in [0.717, 1.165) is 23.3 Å². The zero-order valence-electron chi connectivity index (χ0n) is 17.6. The van der Waals surface area contributed by atoms with Gasteiger partial charge in [-0.05, 0) is 61.4 Å². The van der Waals surface area contributed by atoms with Gasteiger partial charge in [0.05, 0.1) is 17.5 Å². The first-order chi connectivity index (χ1) is 15.0. The van der Waals surface area contributed by atoms with Gasteiger partial charge in [-0.2, -0.15) is 0 Å². The van der Waals surface area contributed by atoms with Gasteiger partial charge in [0.1, 0.15) is 6.54 Å². The summed E-state index contributed by atoms with van der Waals surface area (Å²) in [7, 11) is 0. The van der Waals surface area contributed by atoms with Crippen LogP contribution in [0.4, 0.5) is 5.69 Å². The number of carbonyl (C=O) groups is 3. The molecule has 1 aliphatic heterocycles. The third kappa shape index (κ3) is 5.10. The number of amides is 2. The number of nitrogens with one attached hydrogen (secondary N) is 1. The van der Waals surface area contributed by atoms with E-state index < -0.39 is 5.97 Å². The van der Waals surface area contributed by atoms with Gasteiger partial charge in [-0.25, -0.2) is 0 Å². The number of benzene rings is 2. The van der Waals surface area contributed by atoms with Crippen LogP contribution >= 0.6 is 11.8 Å². The van der Waals surface area contributed by atoms with Crippen molar-refractivity contribution in [2.45, 2.75) is 43.5 Å². The molecule has 0 spiro atoms. The standard InChI is InChI=1S/C24H26N2O4S/c1-16(18-11-10-17-6-2-3-7-19(17)12-18)25-22(27)14-30-24(29)13-26-20-8-4-5-9-21(20)31-15-23(26)28/h4-5,8-12,16H,2-3,6-7,13-15H2,1H3,(H,25,27). The summed E-state index contributed by atoms with van der Waals surface area (Å²) in [4.78, 5) is 39.2. The van der Waals surface area contributed by atoms with E-state index in [-0.39, 0.29) is 36.8 Å². The van der Waals surface area contributed by atoms with Crippen molar-refractivity contribution in [2.24, 2.45) is 0 Å². The molecule has 4 rings (SSSR count). The van der Waals surface area contributed by atoms with E-state index >= 15 is 0 Å². The van der Waals surface area contributed by atoms with Crippen LogP contribution < -0.4 is 10.2 Å². The third-order valence-electron chi connectivity index (χ3n) is 5.71. The van der Waals surface area contributed by atoms with Crippen molar-refractivity contribution in [3.63, 3.8) is 0 Å². The molecule has 1 aliphatic carbocycles. The minimum atomic E-state index is -0.605. The lowest BCUT2D eigenvalue weighted by molar-refractivity contribution is -0.147. The van der Waals surface area contributed by atoms with Crippen LogP contribution in [-0.2, 0) is 32.0 Å². The Hall–Kier alpha value is -2.80. The van der Waals surface area contributed by atoms with E-state index in [1.54, 1.807) is 6.07 Å². The maximum Gasteiger partial charge on any atom is 0.326 e. The first-order valence-electron chi connectivity index (χ1n) is 10.6. The number of aryl methyl sites for hydroxylation is 2. The maximum absolute atomic E-state index is 12.3. The highest BCUT2D eigenvalue weighted by atomic mass is 32.2. The molecule has 31 heavy (non-hydrogen) atoms. The molecule has 6 nitrogen and oxygen atoms in total. The van der Waals surface area contributed by atoms with Crippen LogP contribution in [0, 0.1) is 0 Å². The molecule has 1 atom stereocenters. The molecule has 1 unspecified atom stereocenters. The minimum Gasteiger partial charge on any atom is -0.454 e. The van der Waals surface area contributed by atoms with Crippen LogP contribution in [-0.4, -0.2) is 36.7 Å². The average Bonchev–Trinajstić information content (AvgIpc) is 2.79. The Balaban J connectivity index is 1.29. The molecule has 7 heteroatoms. The second kappa shape index (κ2) is 9.56. The summed E-state index contributed by atoms with van der Waals surface area (Å²) in [5.74, 6) is -0.833. The number of para-hydroxylation sites is 1. The van der Waals surface area contributed by atoms with E-state index in [1.807, 2.05) is 25.1 Å². The number of rotatable bonds is 6. The largest absolute Gasteiger partial charge is 0.454 e. The van der Waals surface area contributed by atoms with Crippen molar-refractivity contribution < 1.29 is 19.1 Å². The molecule has 0 radical (unpaired) electrons. The molecule has 0 saturated carbocycles. The zero-order chi connectivity index (χ0) is 21.8. The molecule has 0 aromatic heterocycles. The van der Waals surface area contributed by atoms with E-state index in [1.165, 1.54) is 40.6 Å². The Morgan fingerprint density at radius 3 is 2.74 bits per heavy atom. The van der Waals surface area contributed by atoms with Crippen LogP contribution in [0.1, 0.15) is 42.5 Å². The summed E-state index contributed by atoms with van der Waals surface area (Å²) >= 11 is 1.45. The first-order valence-corrected chi connectivity index (χ1v) is 11.6. The highest BCUT2D eigenvalue weighted by molar-refractivity contribution is 8.00. The summed E-state index contributed by atoms with van der Waals surface area (Å²) < 4.78 is 5.15. The van der Waals surface area contributed by atoms with Gasteiger partial charge in [-0.15, -0.1) is 11.8 Å². The van der Waals surface area contributed by atoms with Crippen molar-refractivity contribution >= 4 is 35.2 Å². The quantitative estimate of drug-likeness (QED) is 0.700. The average molecular weight is 439 g/mol. The lowest BCUT2D eigenvalue weighted by Gasteiger charge is -2.27. The molecule has 2 aromatic carbocycles.